The quantitative estimate of drug-likeness (QED) is 0.773. The lowest BCUT2D eigenvalue weighted by molar-refractivity contribution is 0.208. The molecule has 0 radical (unpaired) electrons. The van der Waals surface area contributed by atoms with Gasteiger partial charge >= 0.3 is 6.09 Å². The van der Waals surface area contributed by atoms with Crippen molar-refractivity contribution in [2.45, 2.75) is 26.2 Å². The summed E-state index contributed by atoms with van der Waals surface area (Å²) >= 11 is 0. The number of benzene rings is 1. The van der Waals surface area contributed by atoms with Crippen molar-refractivity contribution >= 4 is 6.09 Å². The molecule has 1 rings (SSSR count). The molecule has 4 nitrogen and oxygen atoms in total. The Morgan fingerprint density at radius 3 is 2.44 bits per heavy atom. The Morgan fingerprint density at radius 2 is 2.00 bits per heavy atom. The van der Waals surface area contributed by atoms with Crippen LogP contribution in [0, 0.1) is 5.82 Å². The maximum Gasteiger partial charge on any atom is 0.410 e. The first-order valence-electron chi connectivity index (χ1n) is 4.72. The lowest BCUT2D eigenvalue weighted by Gasteiger charge is -2.21. The van der Waals surface area contributed by atoms with E-state index >= 15 is 0 Å². The molecule has 0 aliphatic rings. The summed E-state index contributed by atoms with van der Waals surface area (Å²) in [5.74, 6) is -1.23. The molecular weight excluding hydrogens is 213 g/mol. The van der Waals surface area contributed by atoms with Crippen LogP contribution in [0.1, 0.15) is 26.3 Å². The van der Waals surface area contributed by atoms with Crippen molar-refractivity contribution in [3.8, 4) is 11.5 Å². The summed E-state index contributed by atoms with van der Waals surface area (Å²) in [7, 11) is 0. The van der Waals surface area contributed by atoms with Crippen LogP contribution < -0.4 is 10.5 Å². The number of carbonyl (C=O) groups excluding carboxylic acids is 1. The van der Waals surface area contributed by atoms with Crippen LogP contribution in [0.2, 0.25) is 0 Å². The molecular formula is C11H14FNO3. The minimum Gasteiger partial charge on any atom is -0.508 e. The Hall–Kier alpha value is -1.78. The second-order valence-corrected chi connectivity index (χ2v) is 4.44. The van der Waals surface area contributed by atoms with Crippen LogP contribution in [-0.2, 0) is 5.41 Å². The predicted octanol–water partition coefficient (Wildman–Crippen LogP) is 2.29. The number of primary amides is 1. The van der Waals surface area contributed by atoms with Crippen molar-refractivity contribution in [3.63, 3.8) is 0 Å². The zero-order valence-electron chi connectivity index (χ0n) is 9.37. The van der Waals surface area contributed by atoms with Crippen LogP contribution in [0.15, 0.2) is 12.1 Å². The van der Waals surface area contributed by atoms with E-state index in [1.165, 1.54) is 6.07 Å². The van der Waals surface area contributed by atoms with E-state index in [4.69, 9.17) is 5.73 Å². The van der Waals surface area contributed by atoms with Gasteiger partial charge < -0.3 is 15.6 Å². The maximum atomic E-state index is 13.9. The fourth-order valence-corrected chi connectivity index (χ4v) is 1.45. The molecule has 16 heavy (non-hydrogen) atoms. The minimum atomic E-state index is -1.09. The molecule has 0 aromatic heterocycles. The molecule has 0 saturated carbocycles. The first-order valence-corrected chi connectivity index (χ1v) is 4.72. The molecule has 0 fully saturated rings. The van der Waals surface area contributed by atoms with Gasteiger partial charge in [0.15, 0.2) is 11.6 Å². The van der Waals surface area contributed by atoms with Crippen molar-refractivity contribution in [2.24, 2.45) is 5.73 Å². The van der Waals surface area contributed by atoms with E-state index in [-0.39, 0.29) is 17.1 Å². The van der Waals surface area contributed by atoms with E-state index < -0.39 is 17.3 Å². The third-order valence-corrected chi connectivity index (χ3v) is 2.05. The zero-order valence-corrected chi connectivity index (χ0v) is 9.37. The molecule has 3 N–H and O–H groups in total. The molecule has 1 aromatic carbocycles. The standard InChI is InChI=1S/C11H14FNO3/c1-11(2,3)8-6(14)4-5-7(9(8)12)16-10(13)15/h4-5,14H,1-3H3,(H2,13,15). The fourth-order valence-electron chi connectivity index (χ4n) is 1.45. The third kappa shape index (κ3) is 2.42. The van der Waals surface area contributed by atoms with Crippen molar-refractivity contribution in [2.75, 3.05) is 0 Å². The highest BCUT2D eigenvalue weighted by Gasteiger charge is 2.25. The van der Waals surface area contributed by atoms with Gasteiger partial charge in [-0.25, -0.2) is 9.18 Å². The summed E-state index contributed by atoms with van der Waals surface area (Å²) in [5.41, 5.74) is 4.28. The number of amides is 1. The number of phenolic OH excluding ortho intramolecular Hbond substituents is 1. The molecule has 0 aliphatic carbocycles. The van der Waals surface area contributed by atoms with Crippen LogP contribution in [0.3, 0.4) is 0 Å². The fraction of sp³-hybridized carbons (Fsp3) is 0.364. The number of nitrogens with two attached hydrogens (primary N) is 1. The normalized spacial score (nSPS) is 11.2. The van der Waals surface area contributed by atoms with Crippen molar-refractivity contribution < 1.29 is 19.0 Å². The van der Waals surface area contributed by atoms with Gasteiger partial charge in [-0.15, -0.1) is 0 Å². The van der Waals surface area contributed by atoms with Gasteiger partial charge in [-0.2, -0.15) is 0 Å². The molecule has 0 unspecified atom stereocenters. The highest BCUT2D eigenvalue weighted by Crippen LogP contribution is 2.36. The number of aromatic hydroxyl groups is 1. The van der Waals surface area contributed by atoms with Gasteiger partial charge in [-0.1, -0.05) is 20.8 Å². The van der Waals surface area contributed by atoms with Crippen molar-refractivity contribution in [1.82, 2.24) is 0 Å². The SMILES string of the molecule is CC(C)(C)c1c(O)ccc(OC(N)=O)c1F. The van der Waals surface area contributed by atoms with Crippen molar-refractivity contribution in [3.05, 3.63) is 23.5 Å². The Morgan fingerprint density at radius 1 is 1.44 bits per heavy atom. The van der Waals surface area contributed by atoms with E-state index in [2.05, 4.69) is 4.74 Å². The van der Waals surface area contributed by atoms with Crippen LogP contribution in [-0.4, -0.2) is 11.2 Å². The second-order valence-electron chi connectivity index (χ2n) is 4.44. The van der Waals surface area contributed by atoms with Crippen LogP contribution >= 0.6 is 0 Å². The highest BCUT2D eigenvalue weighted by atomic mass is 19.1. The molecule has 0 spiro atoms. The smallest absolute Gasteiger partial charge is 0.410 e. The lowest BCUT2D eigenvalue weighted by Crippen LogP contribution is -2.19. The van der Waals surface area contributed by atoms with E-state index in [1.807, 2.05) is 0 Å². The summed E-state index contributed by atoms with van der Waals surface area (Å²) in [6.07, 6.45) is -1.09. The van der Waals surface area contributed by atoms with Gasteiger partial charge in [0, 0.05) is 5.56 Å². The zero-order chi connectivity index (χ0) is 12.5. The number of hydrogen-bond donors (Lipinski definition) is 2. The summed E-state index contributed by atoms with van der Waals surface area (Å²) in [6.45, 7) is 5.21. The second kappa shape index (κ2) is 4.00. The Kier molecular flexibility index (Phi) is 3.07. The first kappa shape index (κ1) is 12.3. The molecule has 0 saturated heterocycles. The maximum absolute atomic E-state index is 13.9. The van der Waals surface area contributed by atoms with Crippen LogP contribution in [0.4, 0.5) is 9.18 Å². The van der Waals surface area contributed by atoms with Crippen LogP contribution in [0.25, 0.3) is 0 Å². The van der Waals surface area contributed by atoms with E-state index in [0.29, 0.717) is 0 Å². The molecule has 0 heterocycles. The van der Waals surface area contributed by atoms with Crippen molar-refractivity contribution in [1.29, 1.82) is 0 Å². The monoisotopic (exact) mass is 227 g/mol. The number of carbonyl (C=O) groups is 1. The number of phenols is 1. The van der Waals surface area contributed by atoms with Gasteiger partial charge in [0.2, 0.25) is 0 Å². The molecule has 1 amide bonds. The number of hydrogen-bond acceptors (Lipinski definition) is 3. The molecule has 0 aliphatic heterocycles. The van der Waals surface area contributed by atoms with Gasteiger partial charge in [-0.3, -0.25) is 0 Å². The number of ether oxygens (including phenoxy) is 1. The molecule has 1 aromatic rings. The van der Waals surface area contributed by atoms with Crippen LogP contribution in [0.5, 0.6) is 11.5 Å². The Balaban J connectivity index is 3.33. The summed E-state index contributed by atoms with van der Waals surface area (Å²) in [4.78, 5) is 10.5. The van der Waals surface area contributed by atoms with Gasteiger partial charge in [0.25, 0.3) is 0 Å². The number of rotatable bonds is 1. The molecule has 0 atom stereocenters. The Bertz CT molecular complexity index is 424. The average Bonchev–Trinajstić information content (AvgIpc) is 2.07. The summed E-state index contributed by atoms with van der Waals surface area (Å²) in [5, 5.41) is 9.57. The molecule has 5 heteroatoms. The lowest BCUT2D eigenvalue weighted by atomic mass is 9.85. The van der Waals surface area contributed by atoms with E-state index in [9.17, 15) is 14.3 Å². The van der Waals surface area contributed by atoms with Gasteiger partial charge in [0.1, 0.15) is 5.75 Å². The highest BCUT2D eigenvalue weighted by molar-refractivity contribution is 5.68. The first-order chi connectivity index (χ1) is 7.23. The largest absolute Gasteiger partial charge is 0.508 e. The number of halogens is 1. The minimum absolute atomic E-state index is 0.0891. The summed E-state index contributed by atoms with van der Waals surface area (Å²) in [6, 6.07) is 2.42. The van der Waals surface area contributed by atoms with E-state index in [1.54, 1.807) is 20.8 Å². The topological polar surface area (TPSA) is 72.6 Å². The van der Waals surface area contributed by atoms with Gasteiger partial charge in [0.05, 0.1) is 0 Å². The molecule has 88 valence electrons. The summed E-state index contributed by atoms with van der Waals surface area (Å²) < 4.78 is 18.4. The van der Waals surface area contributed by atoms with E-state index in [0.717, 1.165) is 6.07 Å². The average molecular weight is 227 g/mol. The third-order valence-electron chi connectivity index (χ3n) is 2.05. The Labute approximate surface area is 92.8 Å². The predicted molar refractivity (Wildman–Crippen MR) is 57.0 cm³/mol. The van der Waals surface area contributed by atoms with Gasteiger partial charge in [-0.05, 0) is 17.5 Å². The molecule has 0 bridgehead atoms.